The first-order valence-corrected chi connectivity index (χ1v) is 5.48. The molecule has 2 atom stereocenters. The number of carbonyl (C=O) groups is 2. The maximum absolute atomic E-state index is 11.4. The topological polar surface area (TPSA) is 104 Å². The molecule has 0 aromatic rings. The van der Waals surface area contributed by atoms with Crippen molar-refractivity contribution in [3.05, 3.63) is 0 Å². The number of urea groups is 1. The molecule has 1 fully saturated rings. The summed E-state index contributed by atoms with van der Waals surface area (Å²) in [6, 6.07) is -0.646. The molecule has 1 aliphatic carbocycles. The number of carboxylic acids is 1. The van der Waals surface area contributed by atoms with Crippen LogP contribution < -0.4 is 16.4 Å². The van der Waals surface area contributed by atoms with Gasteiger partial charge < -0.3 is 21.5 Å². The average molecular weight is 229 g/mol. The van der Waals surface area contributed by atoms with Crippen molar-refractivity contribution in [1.82, 2.24) is 10.6 Å². The Morgan fingerprint density at radius 3 is 2.81 bits per heavy atom. The SMILES string of the molecule is CC1(C(=O)O)CCCC1NC(=O)NCCN. The predicted octanol–water partition coefficient (Wildman–Crippen LogP) is -0.112. The highest BCUT2D eigenvalue weighted by molar-refractivity contribution is 5.79. The van der Waals surface area contributed by atoms with Gasteiger partial charge in [-0.25, -0.2) is 4.79 Å². The highest BCUT2D eigenvalue weighted by Gasteiger charge is 2.45. The molecule has 1 rings (SSSR count). The Morgan fingerprint density at radius 1 is 1.56 bits per heavy atom. The van der Waals surface area contributed by atoms with Crippen LogP contribution in [0.2, 0.25) is 0 Å². The average Bonchev–Trinajstić information content (AvgIpc) is 2.59. The Bertz CT molecular complexity index is 282. The number of carboxylic acid groups (broad SMARTS) is 1. The third-order valence-electron chi connectivity index (χ3n) is 3.18. The number of nitrogens with two attached hydrogens (primary N) is 1. The molecule has 0 aliphatic heterocycles. The number of nitrogens with one attached hydrogen (secondary N) is 2. The van der Waals surface area contributed by atoms with Crippen LogP contribution in [0.3, 0.4) is 0 Å². The maximum Gasteiger partial charge on any atom is 0.315 e. The Kier molecular flexibility index (Phi) is 4.12. The van der Waals surface area contributed by atoms with Crippen molar-refractivity contribution in [1.29, 1.82) is 0 Å². The van der Waals surface area contributed by atoms with E-state index in [9.17, 15) is 9.59 Å². The summed E-state index contributed by atoms with van der Waals surface area (Å²) in [5.74, 6) is -0.853. The molecule has 0 spiro atoms. The van der Waals surface area contributed by atoms with Crippen LogP contribution in [-0.4, -0.2) is 36.2 Å². The minimum Gasteiger partial charge on any atom is -0.481 e. The molecule has 5 N–H and O–H groups in total. The molecular formula is C10H19N3O3. The van der Waals surface area contributed by atoms with E-state index in [0.717, 1.165) is 6.42 Å². The lowest BCUT2D eigenvalue weighted by atomic mass is 9.85. The smallest absolute Gasteiger partial charge is 0.315 e. The summed E-state index contributed by atoms with van der Waals surface area (Å²) in [6.07, 6.45) is 2.13. The molecule has 92 valence electrons. The van der Waals surface area contributed by atoms with Gasteiger partial charge in [0.25, 0.3) is 0 Å². The van der Waals surface area contributed by atoms with E-state index in [1.807, 2.05) is 0 Å². The standard InChI is InChI=1S/C10H19N3O3/c1-10(8(14)15)4-2-3-7(10)13-9(16)12-6-5-11/h7H,2-6,11H2,1H3,(H,14,15)(H2,12,13,16). The van der Waals surface area contributed by atoms with Gasteiger partial charge in [-0.3, -0.25) is 4.79 Å². The summed E-state index contributed by atoms with van der Waals surface area (Å²) in [7, 11) is 0. The van der Waals surface area contributed by atoms with Gasteiger partial charge in [-0.15, -0.1) is 0 Å². The predicted molar refractivity (Wildman–Crippen MR) is 59.0 cm³/mol. The fourth-order valence-electron chi connectivity index (χ4n) is 2.05. The van der Waals surface area contributed by atoms with Gasteiger partial charge in [0, 0.05) is 19.1 Å². The first kappa shape index (κ1) is 12.8. The van der Waals surface area contributed by atoms with Crippen molar-refractivity contribution in [3.8, 4) is 0 Å². The van der Waals surface area contributed by atoms with Gasteiger partial charge in [0.15, 0.2) is 0 Å². The second kappa shape index (κ2) is 5.16. The zero-order valence-electron chi connectivity index (χ0n) is 9.45. The van der Waals surface area contributed by atoms with E-state index in [4.69, 9.17) is 10.8 Å². The first-order chi connectivity index (χ1) is 7.50. The third-order valence-corrected chi connectivity index (χ3v) is 3.18. The van der Waals surface area contributed by atoms with Gasteiger partial charge in [0.1, 0.15) is 0 Å². The summed E-state index contributed by atoms with van der Waals surface area (Å²) in [4.78, 5) is 22.5. The molecule has 0 heterocycles. The highest BCUT2D eigenvalue weighted by Crippen LogP contribution is 2.38. The van der Waals surface area contributed by atoms with Crippen molar-refractivity contribution in [2.75, 3.05) is 13.1 Å². The maximum atomic E-state index is 11.4. The summed E-state index contributed by atoms with van der Waals surface area (Å²) in [6.45, 7) is 2.44. The Balaban J connectivity index is 2.53. The summed E-state index contributed by atoms with van der Waals surface area (Å²) in [5, 5.41) is 14.4. The van der Waals surface area contributed by atoms with Crippen LogP contribution >= 0.6 is 0 Å². The Hall–Kier alpha value is -1.30. The molecule has 16 heavy (non-hydrogen) atoms. The molecular weight excluding hydrogens is 210 g/mol. The molecule has 0 aromatic carbocycles. The zero-order valence-corrected chi connectivity index (χ0v) is 9.45. The third kappa shape index (κ3) is 2.63. The minimum atomic E-state index is -0.853. The quantitative estimate of drug-likeness (QED) is 0.539. The van der Waals surface area contributed by atoms with E-state index in [2.05, 4.69) is 10.6 Å². The molecule has 0 radical (unpaired) electrons. The van der Waals surface area contributed by atoms with Gasteiger partial charge in [-0.2, -0.15) is 0 Å². The van der Waals surface area contributed by atoms with Crippen molar-refractivity contribution in [3.63, 3.8) is 0 Å². The first-order valence-electron chi connectivity index (χ1n) is 5.48. The van der Waals surface area contributed by atoms with Crippen LogP contribution in [-0.2, 0) is 4.79 Å². The number of aliphatic carboxylic acids is 1. The van der Waals surface area contributed by atoms with Crippen LogP contribution in [0, 0.1) is 5.41 Å². The molecule has 0 aromatic heterocycles. The molecule has 0 saturated heterocycles. The van der Waals surface area contributed by atoms with Crippen LogP contribution in [0.25, 0.3) is 0 Å². The monoisotopic (exact) mass is 229 g/mol. The fraction of sp³-hybridized carbons (Fsp3) is 0.800. The van der Waals surface area contributed by atoms with E-state index in [0.29, 0.717) is 25.9 Å². The second-order valence-corrected chi connectivity index (χ2v) is 4.36. The minimum absolute atomic E-state index is 0.303. The molecule has 6 nitrogen and oxygen atoms in total. The van der Waals surface area contributed by atoms with Crippen molar-refractivity contribution < 1.29 is 14.7 Å². The lowest BCUT2D eigenvalue weighted by Crippen LogP contribution is -2.50. The Labute approximate surface area is 94.6 Å². The molecule has 2 amide bonds. The molecule has 1 saturated carbocycles. The zero-order chi connectivity index (χ0) is 12.2. The Morgan fingerprint density at radius 2 is 2.25 bits per heavy atom. The number of amides is 2. The largest absolute Gasteiger partial charge is 0.481 e. The molecule has 0 bridgehead atoms. The summed E-state index contributed by atoms with van der Waals surface area (Å²) in [5.41, 5.74) is 4.40. The number of hydrogen-bond acceptors (Lipinski definition) is 3. The van der Waals surface area contributed by atoms with Crippen LogP contribution in [0.1, 0.15) is 26.2 Å². The highest BCUT2D eigenvalue weighted by atomic mass is 16.4. The van der Waals surface area contributed by atoms with Crippen molar-refractivity contribution in [2.24, 2.45) is 11.1 Å². The van der Waals surface area contributed by atoms with Gasteiger partial charge in [0.05, 0.1) is 5.41 Å². The van der Waals surface area contributed by atoms with Crippen LogP contribution in [0.5, 0.6) is 0 Å². The van der Waals surface area contributed by atoms with E-state index in [-0.39, 0.29) is 12.1 Å². The number of hydrogen-bond donors (Lipinski definition) is 4. The molecule has 6 heteroatoms. The number of carbonyl (C=O) groups excluding carboxylic acids is 1. The van der Waals surface area contributed by atoms with Crippen LogP contribution in [0.4, 0.5) is 4.79 Å². The second-order valence-electron chi connectivity index (χ2n) is 4.36. The van der Waals surface area contributed by atoms with Crippen molar-refractivity contribution >= 4 is 12.0 Å². The van der Waals surface area contributed by atoms with Gasteiger partial charge >= 0.3 is 12.0 Å². The molecule has 2 unspecified atom stereocenters. The lowest BCUT2D eigenvalue weighted by molar-refractivity contribution is -0.148. The number of rotatable bonds is 4. The summed E-state index contributed by atoms with van der Waals surface area (Å²) >= 11 is 0. The molecule has 1 aliphatic rings. The van der Waals surface area contributed by atoms with Crippen LogP contribution in [0.15, 0.2) is 0 Å². The summed E-state index contributed by atoms with van der Waals surface area (Å²) < 4.78 is 0. The lowest BCUT2D eigenvalue weighted by Gasteiger charge is -2.27. The fourth-order valence-corrected chi connectivity index (χ4v) is 2.05. The normalized spacial score (nSPS) is 28.8. The van der Waals surface area contributed by atoms with E-state index in [1.165, 1.54) is 0 Å². The van der Waals surface area contributed by atoms with E-state index >= 15 is 0 Å². The van der Waals surface area contributed by atoms with Gasteiger partial charge in [0.2, 0.25) is 0 Å². The van der Waals surface area contributed by atoms with E-state index in [1.54, 1.807) is 6.92 Å². The van der Waals surface area contributed by atoms with Gasteiger partial charge in [-0.1, -0.05) is 6.42 Å². The van der Waals surface area contributed by atoms with E-state index < -0.39 is 11.4 Å². The van der Waals surface area contributed by atoms with Gasteiger partial charge in [-0.05, 0) is 19.8 Å². The van der Waals surface area contributed by atoms with Crippen molar-refractivity contribution in [2.45, 2.75) is 32.2 Å².